The number of aryl methyl sites for hydroxylation is 1. The highest BCUT2D eigenvalue weighted by molar-refractivity contribution is 5.42. The van der Waals surface area contributed by atoms with Crippen molar-refractivity contribution in [1.82, 2.24) is 19.7 Å². The Balaban J connectivity index is 1.33. The standard InChI is InChI=1S/C24H34N6O2/c1-16-14-21(27-24(26-16)17-9-10-17)25-15-18-6-4-5-13-29(18)22-11-12-23(32)30(28-22)19-7-2-3-8-20(19)31/h11-12,14,17-20,31H,2-10,13,15H2,1H3,(H,25,26,27). The number of nitrogens with zero attached hydrogens (tertiary/aromatic N) is 5. The molecule has 0 aromatic carbocycles. The second-order valence-corrected chi connectivity index (χ2v) is 9.64. The lowest BCUT2D eigenvalue weighted by atomic mass is 9.93. The Morgan fingerprint density at radius 2 is 1.88 bits per heavy atom. The predicted octanol–water partition coefficient (Wildman–Crippen LogP) is 3.17. The summed E-state index contributed by atoms with van der Waals surface area (Å²) in [5.74, 6) is 3.22. The van der Waals surface area contributed by atoms with Crippen LogP contribution in [0, 0.1) is 6.92 Å². The lowest BCUT2D eigenvalue weighted by Gasteiger charge is -2.37. The van der Waals surface area contributed by atoms with Gasteiger partial charge in [-0.15, -0.1) is 0 Å². The van der Waals surface area contributed by atoms with Crippen molar-refractivity contribution in [3.63, 3.8) is 0 Å². The summed E-state index contributed by atoms with van der Waals surface area (Å²) in [6.07, 6.45) is 8.83. The fourth-order valence-corrected chi connectivity index (χ4v) is 5.13. The number of piperidine rings is 1. The molecule has 1 saturated heterocycles. The molecule has 3 unspecified atom stereocenters. The molecule has 172 valence electrons. The number of rotatable bonds is 6. The normalized spacial score (nSPS) is 26.2. The second-order valence-electron chi connectivity index (χ2n) is 9.64. The van der Waals surface area contributed by atoms with Crippen LogP contribution in [-0.2, 0) is 0 Å². The van der Waals surface area contributed by atoms with Gasteiger partial charge in [0.2, 0.25) is 0 Å². The van der Waals surface area contributed by atoms with Crippen molar-refractivity contribution >= 4 is 11.6 Å². The lowest BCUT2D eigenvalue weighted by Crippen LogP contribution is -2.45. The van der Waals surface area contributed by atoms with E-state index < -0.39 is 6.10 Å². The minimum Gasteiger partial charge on any atom is -0.391 e. The van der Waals surface area contributed by atoms with Crippen LogP contribution in [0.3, 0.4) is 0 Å². The van der Waals surface area contributed by atoms with Crippen LogP contribution >= 0.6 is 0 Å². The smallest absolute Gasteiger partial charge is 0.267 e. The van der Waals surface area contributed by atoms with Gasteiger partial charge in [0, 0.05) is 42.9 Å². The molecule has 1 aliphatic heterocycles. The molecule has 2 aliphatic carbocycles. The molecule has 3 atom stereocenters. The number of nitrogens with one attached hydrogen (secondary N) is 1. The zero-order valence-corrected chi connectivity index (χ0v) is 18.9. The molecule has 2 aromatic heterocycles. The van der Waals surface area contributed by atoms with Crippen molar-refractivity contribution in [2.45, 2.75) is 88.8 Å². The topological polar surface area (TPSA) is 96.2 Å². The average Bonchev–Trinajstić information content (AvgIpc) is 3.64. The third kappa shape index (κ3) is 4.65. The van der Waals surface area contributed by atoms with Crippen molar-refractivity contribution in [2.75, 3.05) is 23.3 Å². The Hall–Kier alpha value is -2.48. The Morgan fingerprint density at radius 1 is 1.06 bits per heavy atom. The monoisotopic (exact) mass is 438 g/mol. The molecule has 0 spiro atoms. The first-order valence-corrected chi connectivity index (χ1v) is 12.2. The maximum absolute atomic E-state index is 12.6. The fourth-order valence-electron chi connectivity index (χ4n) is 5.13. The van der Waals surface area contributed by atoms with Crippen LogP contribution in [0.4, 0.5) is 11.6 Å². The molecule has 5 rings (SSSR count). The van der Waals surface area contributed by atoms with Gasteiger partial charge in [-0.1, -0.05) is 12.8 Å². The van der Waals surface area contributed by atoms with E-state index in [0.717, 1.165) is 74.8 Å². The van der Waals surface area contributed by atoms with Gasteiger partial charge in [0.05, 0.1) is 12.1 Å². The molecule has 0 bridgehead atoms. The SMILES string of the molecule is Cc1cc(NCC2CCCCN2c2ccc(=O)n(C3CCCCC3O)n2)nc(C2CC2)n1. The van der Waals surface area contributed by atoms with Crippen LogP contribution in [0.2, 0.25) is 0 Å². The Labute approximate surface area is 189 Å². The second kappa shape index (κ2) is 9.17. The molecule has 0 radical (unpaired) electrons. The highest BCUT2D eigenvalue weighted by Crippen LogP contribution is 2.38. The number of hydrogen-bond donors (Lipinski definition) is 2. The lowest BCUT2D eigenvalue weighted by molar-refractivity contribution is 0.0669. The van der Waals surface area contributed by atoms with Gasteiger partial charge in [-0.05, 0) is 57.9 Å². The summed E-state index contributed by atoms with van der Waals surface area (Å²) < 4.78 is 1.54. The highest BCUT2D eigenvalue weighted by Gasteiger charge is 2.29. The quantitative estimate of drug-likeness (QED) is 0.715. The van der Waals surface area contributed by atoms with Crippen molar-refractivity contribution in [3.05, 3.63) is 40.1 Å². The third-order valence-corrected chi connectivity index (χ3v) is 7.07. The van der Waals surface area contributed by atoms with Gasteiger partial charge in [-0.2, -0.15) is 5.10 Å². The van der Waals surface area contributed by atoms with E-state index in [9.17, 15) is 9.90 Å². The Bertz CT molecular complexity index is 1000. The number of aliphatic hydroxyl groups is 1. The summed E-state index contributed by atoms with van der Waals surface area (Å²) in [7, 11) is 0. The van der Waals surface area contributed by atoms with Gasteiger partial charge < -0.3 is 15.3 Å². The molecule has 3 fully saturated rings. The van der Waals surface area contributed by atoms with E-state index in [1.807, 2.05) is 19.1 Å². The minimum atomic E-state index is -0.496. The largest absolute Gasteiger partial charge is 0.391 e. The van der Waals surface area contributed by atoms with Crippen molar-refractivity contribution in [2.24, 2.45) is 0 Å². The molecular formula is C24H34N6O2. The van der Waals surface area contributed by atoms with E-state index in [2.05, 4.69) is 15.2 Å². The number of aromatic nitrogens is 4. The van der Waals surface area contributed by atoms with Crippen LogP contribution in [0.1, 0.15) is 81.3 Å². The van der Waals surface area contributed by atoms with Gasteiger partial charge in [0.1, 0.15) is 17.5 Å². The summed E-state index contributed by atoms with van der Waals surface area (Å²) in [4.78, 5) is 24.2. The maximum atomic E-state index is 12.6. The molecule has 0 amide bonds. The first-order valence-electron chi connectivity index (χ1n) is 12.2. The third-order valence-electron chi connectivity index (χ3n) is 7.07. The number of aliphatic hydroxyl groups excluding tert-OH is 1. The van der Waals surface area contributed by atoms with Gasteiger partial charge in [-0.25, -0.2) is 14.6 Å². The van der Waals surface area contributed by atoms with Crippen LogP contribution in [0.25, 0.3) is 0 Å². The van der Waals surface area contributed by atoms with Gasteiger partial charge >= 0.3 is 0 Å². The van der Waals surface area contributed by atoms with Gasteiger partial charge in [0.25, 0.3) is 5.56 Å². The molecule has 3 heterocycles. The van der Waals surface area contributed by atoms with E-state index in [0.29, 0.717) is 5.92 Å². The molecule has 2 N–H and O–H groups in total. The Kier molecular flexibility index (Phi) is 6.13. The maximum Gasteiger partial charge on any atom is 0.267 e. The molecule has 2 saturated carbocycles. The summed E-state index contributed by atoms with van der Waals surface area (Å²) in [6.45, 7) is 3.72. The van der Waals surface area contributed by atoms with Crippen molar-refractivity contribution < 1.29 is 5.11 Å². The van der Waals surface area contributed by atoms with Gasteiger partial charge in [-0.3, -0.25) is 4.79 Å². The molecular weight excluding hydrogens is 404 g/mol. The first kappa shape index (κ1) is 21.4. The van der Waals surface area contributed by atoms with Crippen LogP contribution in [0.15, 0.2) is 23.0 Å². The van der Waals surface area contributed by atoms with E-state index >= 15 is 0 Å². The fraction of sp³-hybridized carbons (Fsp3) is 0.667. The molecule has 8 nitrogen and oxygen atoms in total. The number of hydrogen-bond acceptors (Lipinski definition) is 7. The van der Waals surface area contributed by atoms with Crippen molar-refractivity contribution in [1.29, 1.82) is 0 Å². The van der Waals surface area contributed by atoms with Crippen molar-refractivity contribution in [3.8, 4) is 0 Å². The summed E-state index contributed by atoms with van der Waals surface area (Å²) in [5.41, 5.74) is 0.875. The molecule has 3 aliphatic rings. The average molecular weight is 439 g/mol. The highest BCUT2D eigenvalue weighted by atomic mass is 16.3. The van der Waals surface area contributed by atoms with Crippen LogP contribution in [0.5, 0.6) is 0 Å². The molecule has 8 heteroatoms. The summed E-state index contributed by atoms with van der Waals surface area (Å²) in [6, 6.07) is 5.52. The van der Waals surface area contributed by atoms with Crippen LogP contribution < -0.4 is 15.8 Å². The number of anilines is 2. The van der Waals surface area contributed by atoms with E-state index in [1.165, 1.54) is 23.9 Å². The first-order chi connectivity index (χ1) is 15.6. The summed E-state index contributed by atoms with van der Waals surface area (Å²) in [5, 5.41) is 18.8. The Morgan fingerprint density at radius 3 is 2.69 bits per heavy atom. The minimum absolute atomic E-state index is 0.129. The van der Waals surface area contributed by atoms with E-state index in [4.69, 9.17) is 10.1 Å². The van der Waals surface area contributed by atoms with Gasteiger partial charge in [0.15, 0.2) is 0 Å². The van der Waals surface area contributed by atoms with E-state index in [-0.39, 0.29) is 17.6 Å². The zero-order chi connectivity index (χ0) is 22.1. The summed E-state index contributed by atoms with van der Waals surface area (Å²) >= 11 is 0. The van der Waals surface area contributed by atoms with Crippen LogP contribution in [-0.4, -0.2) is 50.1 Å². The zero-order valence-electron chi connectivity index (χ0n) is 18.9. The molecule has 2 aromatic rings. The van der Waals surface area contributed by atoms with E-state index in [1.54, 1.807) is 6.07 Å². The predicted molar refractivity (Wildman–Crippen MR) is 124 cm³/mol. The molecule has 32 heavy (non-hydrogen) atoms.